The van der Waals surface area contributed by atoms with Crippen LogP contribution in [0.3, 0.4) is 0 Å². The number of amides is 1. The second-order valence-corrected chi connectivity index (χ2v) is 7.99. The minimum absolute atomic E-state index is 0.0417. The molecule has 4 rings (SSSR count). The summed E-state index contributed by atoms with van der Waals surface area (Å²) in [4.78, 5) is 28.7. The number of hydrogen-bond donors (Lipinski definition) is 1. The molecule has 2 saturated heterocycles. The van der Waals surface area contributed by atoms with Gasteiger partial charge in [0.05, 0.1) is 0 Å². The predicted molar refractivity (Wildman–Crippen MR) is 93.4 cm³/mol. The first-order valence-corrected chi connectivity index (χ1v) is 9.06. The summed E-state index contributed by atoms with van der Waals surface area (Å²) in [5.74, 6) is -0.788. The molecule has 2 aliphatic heterocycles. The summed E-state index contributed by atoms with van der Waals surface area (Å²) in [6.07, 6.45) is 0.830. The van der Waals surface area contributed by atoms with Crippen molar-refractivity contribution in [2.45, 2.75) is 6.42 Å². The molecule has 0 saturated carbocycles. The van der Waals surface area contributed by atoms with E-state index in [1.54, 1.807) is 16.2 Å². The molecule has 2 atom stereocenters. The summed E-state index contributed by atoms with van der Waals surface area (Å²) in [6, 6.07) is 7.74. The van der Waals surface area contributed by atoms with Crippen molar-refractivity contribution in [3.05, 3.63) is 35.2 Å². The molecule has 2 aromatic rings. The molecule has 0 unspecified atom stereocenters. The number of piperidine rings is 1. The fourth-order valence-electron chi connectivity index (χ4n) is 4.21. The Balaban J connectivity index is 1.63. The molecule has 6 heteroatoms. The molecular formula is C18H20N2O3S. The number of likely N-dealkylation sites (tertiary alicyclic amines) is 2. The SMILES string of the molecule is CN1CC[C@H]2CN(C(=O)c3ccc4sccc4c3)C[C@@]2(C(=O)O)C1. The smallest absolute Gasteiger partial charge is 0.313 e. The van der Waals surface area contributed by atoms with Crippen LogP contribution in [0.25, 0.3) is 10.1 Å². The highest BCUT2D eigenvalue weighted by Gasteiger charge is 2.55. The molecule has 3 heterocycles. The molecule has 2 fully saturated rings. The molecule has 5 nitrogen and oxygen atoms in total. The lowest BCUT2D eigenvalue weighted by molar-refractivity contribution is -0.153. The van der Waals surface area contributed by atoms with Crippen LogP contribution in [0.15, 0.2) is 29.6 Å². The van der Waals surface area contributed by atoms with E-state index in [1.165, 1.54) is 0 Å². The Hall–Kier alpha value is -1.92. The van der Waals surface area contributed by atoms with Gasteiger partial charge in [0.2, 0.25) is 0 Å². The van der Waals surface area contributed by atoms with Crippen molar-refractivity contribution in [3.8, 4) is 0 Å². The summed E-state index contributed by atoms with van der Waals surface area (Å²) in [7, 11) is 1.95. The lowest BCUT2D eigenvalue weighted by atomic mass is 9.73. The molecular weight excluding hydrogens is 324 g/mol. The average molecular weight is 344 g/mol. The van der Waals surface area contributed by atoms with Gasteiger partial charge in [-0.2, -0.15) is 0 Å². The summed E-state index contributed by atoms with van der Waals surface area (Å²) in [5, 5.41) is 12.9. The minimum Gasteiger partial charge on any atom is -0.481 e. The van der Waals surface area contributed by atoms with E-state index in [0.29, 0.717) is 25.2 Å². The van der Waals surface area contributed by atoms with Gasteiger partial charge in [0.25, 0.3) is 5.91 Å². The van der Waals surface area contributed by atoms with E-state index in [-0.39, 0.29) is 11.8 Å². The van der Waals surface area contributed by atoms with Gasteiger partial charge in [-0.05, 0) is 61.0 Å². The van der Waals surface area contributed by atoms with Gasteiger partial charge in [-0.25, -0.2) is 0 Å². The van der Waals surface area contributed by atoms with Gasteiger partial charge >= 0.3 is 5.97 Å². The topological polar surface area (TPSA) is 60.9 Å². The summed E-state index contributed by atoms with van der Waals surface area (Å²) in [5.41, 5.74) is -0.178. The fourth-order valence-corrected chi connectivity index (χ4v) is 4.98. The van der Waals surface area contributed by atoms with E-state index in [2.05, 4.69) is 4.90 Å². The molecule has 0 radical (unpaired) electrons. The standard InChI is InChI=1S/C18H20N2O3S/c1-19-6-4-14-9-20(11-18(14,10-19)17(22)23)16(21)13-2-3-15-12(8-13)5-7-24-15/h2-3,5,7-8,14H,4,6,9-11H2,1H3,(H,22,23)/t14-,18-/m0/s1. The largest absolute Gasteiger partial charge is 0.481 e. The van der Waals surface area contributed by atoms with Crippen molar-refractivity contribution in [1.29, 1.82) is 0 Å². The molecule has 1 N–H and O–H groups in total. The van der Waals surface area contributed by atoms with E-state index in [9.17, 15) is 14.7 Å². The van der Waals surface area contributed by atoms with E-state index >= 15 is 0 Å². The van der Waals surface area contributed by atoms with Gasteiger partial charge in [0, 0.05) is 29.9 Å². The summed E-state index contributed by atoms with van der Waals surface area (Å²) >= 11 is 1.65. The lowest BCUT2D eigenvalue weighted by Gasteiger charge is -2.39. The van der Waals surface area contributed by atoms with Crippen LogP contribution in [0, 0.1) is 11.3 Å². The zero-order valence-corrected chi connectivity index (χ0v) is 14.4. The molecule has 126 valence electrons. The Morgan fingerprint density at radius 2 is 2.12 bits per heavy atom. The Kier molecular flexibility index (Phi) is 3.62. The van der Waals surface area contributed by atoms with Crippen LogP contribution in [0.2, 0.25) is 0 Å². The third-order valence-electron chi connectivity index (χ3n) is 5.52. The molecule has 0 spiro atoms. The maximum Gasteiger partial charge on any atom is 0.313 e. The van der Waals surface area contributed by atoms with Gasteiger partial charge in [0.1, 0.15) is 5.41 Å². The normalized spacial score (nSPS) is 27.4. The van der Waals surface area contributed by atoms with Gasteiger partial charge in [0.15, 0.2) is 0 Å². The number of carbonyl (C=O) groups excluding carboxylic acids is 1. The number of carboxylic acid groups (broad SMARTS) is 1. The lowest BCUT2D eigenvalue weighted by Crippen LogP contribution is -2.52. The molecule has 0 bridgehead atoms. The predicted octanol–water partition coefficient (Wildman–Crippen LogP) is 2.38. The highest BCUT2D eigenvalue weighted by molar-refractivity contribution is 7.17. The van der Waals surface area contributed by atoms with Crippen LogP contribution < -0.4 is 0 Å². The minimum atomic E-state index is -0.824. The summed E-state index contributed by atoms with van der Waals surface area (Å²) < 4.78 is 1.16. The van der Waals surface area contributed by atoms with Gasteiger partial charge in [-0.3, -0.25) is 9.59 Å². The molecule has 1 aromatic heterocycles. The molecule has 0 aliphatic carbocycles. The van der Waals surface area contributed by atoms with Crippen LogP contribution in [-0.4, -0.2) is 60.0 Å². The van der Waals surface area contributed by atoms with Crippen LogP contribution in [-0.2, 0) is 4.79 Å². The third-order valence-corrected chi connectivity index (χ3v) is 6.42. The van der Waals surface area contributed by atoms with Crippen LogP contribution in [0.1, 0.15) is 16.8 Å². The van der Waals surface area contributed by atoms with Crippen molar-refractivity contribution in [1.82, 2.24) is 9.80 Å². The second kappa shape index (κ2) is 5.57. The first-order valence-electron chi connectivity index (χ1n) is 8.18. The maximum atomic E-state index is 12.9. The first-order chi connectivity index (χ1) is 11.5. The monoisotopic (exact) mass is 344 g/mol. The average Bonchev–Trinajstić information content (AvgIpc) is 3.17. The second-order valence-electron chi connectivity index (χ2n) is 7.04. The van der Waals surface area contributed by atoms with E-state index < -0.39 is 11.4 Å². The van der Waals surface area contributed by atoms with Crippen LogP contribution >= 0.6 is 11.3 Å². The van der Waals surface area contributed by atoms with Crippen LogP contribution in [0.5, 0.6) is 0 Å². The number of thiophene rings is 1. The highest BCUT2D eigenvalue weighted by Crippen LogP contribution is 2.42. The number of benzene rings is 1. The van der Waals surface area contributed by atoms with Crippen molar-refractivity contribution in [2.24, 2.45) is 11.3 Å². The Morgan fingerprint density at radius 1 is 1.29 bits per heavy atom. The Labute approximate surface area is 144 Å². The fraction of sp³-hybridized carbons (Fsp3) is 0.444. The van der Waals surface area contributed by atoms with Crippen molar-refractivity contribution in [3.63, 3.8) is 0 Å². The zero-order valence-electron chi connectivity index (χ0n) is 13.6. The van der Waals surface area contributed by atoms with Gasteiger partial charge < -0.3 is 14.9 Å². The van der Waals surface area contributed by atoms with E-state index in [1.807, 2.05) is 36.7 Å². The molecule has 24 heavy (non-hydrogen) atoms. The third kappa shape index (κ3) is 2.32. The number of rotatable bonds is 2. The Morgan fingerprint density at radius 3 is 2.92 bits per heavy atom. The number of carbonyl (C=O) groups is 2. The quantitative estimate of drug-likeness (QED) is 0.909. The van der Waals surface area contributed by atoms with E-state index in [4.69, 9.17) is 0 Å². The molecule has 1 aromatic carbocycles. The molecule has 2 aliphatic rings. The maximum absolute atomic E-state index is 12.9. The van der Waals surface area contributed by atoms with Crippen molar-refractivity contribution in [2.75, 3.05) is 33.2 Å². The number of carboxylic acids is 1. The summed E-state index contributed by atoms with van der Waals surface area (Å²) in [6.45, 7) is 2.25. The number of aliphatic carboxylic acids is 1. The van der Waals surface area contributed by atoms with Crippen molar-refractivity contribution >= 4 is 33.3 Å². The number of hydrogen-bond acceptors (Lipinski definition) is 4. The van der Waals surface area contributed by atoms with Crippen LogP contribution in [0.4, 0.5) is 0 Å². The molecule has 1 amide bonds. The van der Waals surface area contributed by atoms with E-state index in [0.717, 1.165) is 23.1 Å². The van der Waals surface area contributed by atoms with Gasteiger partial charge in [-0.15, -0.1) is 11.3 Å². The number of nitrogens with zero attached hydrogens (tertiary/aromatic N) is 2. The highest BCUT2D eigenvalue weighted by atomic mass is 32.1. The van der Waals surface area contributed by atoms with Crippen molar-refractivity contribution < 1.29 is 14.7 Å². The first kappa shape index (κ1) is 15.6. The number of fused-ring (bicyclic) bond motifs is 2. The zero-order chi connectivity index (χ0) is 16.9. The Bertz CT molecular complexity index is 817. The van der Waals surface area contributed by atoms with Gasteiger partial charge in [-0.1, -0.05) is 0 Å².